The van der Waals surface area contributed by atoms with Crippen molar-refractivity contribution >= 4 is 5.97 Å². The van der Waals surface area contributed by atoms with Gasteiger partial charge in [-0.25, -0.2) is 0 Å². The first-order valence-electron chi connectivity index (χ1n) is 11.4. The topological polar surface area (TPSA) is 50.1 Å². The molecular weight excluding hydrogens is 422 g/mol. The summed E-state index contributed by atoms with van der Waals surface area (Å²) in [6, 6.07) is 6.83. The molecule has 0 aromatic heterocycles. The van der Waals surface area contributed by atoms with Crippen LogP contribution in [-0.4, -0.2) is 12.1 Å². The molecule has 3 rings (SSSR count). The molecule has 1 aromatic carbocycles. The Kier molecular flexibility index (Phi) is 8.33. The normalized spacial score (nSPS) is 26.9. The van der Waals surface area contributed by atoms with E-state index in [0.29, 0.717) is 25.2 Å². The summed E-state index contributed by atoms with van der Waals surface area (Å²) in [6.07, 6.45) is 4.71. The first-order chi connectivity index (χ1) is 15.3. The summed E-state index contributed by atoms with van der Waals surface area (Å²) < 4.78 is 56.8. The highest BCUT2D eigenvalue weighted by Gasteiger charge is 2.33. The molecular formula is C25H29F4NO2. The van der Waals surface area contributed by atoms with Crippen molar-refractivity contribution < 1.29 is 27.1 Å². The number of allylic oxidation sites excluding steroid dienone is 2. The van der Waals surface area contributed by atoms with Gasteiger partial charge in [0.15, 0.2) is 5.83 Å². The average molecular weight is 452 g/mol. The molecule has 0 radical (unpaired) electrons. The number of esters is 1. The van der Waals surface area contributed by atoms with Gasteiger partial charge >= 0.3 is 12.1 Å². The lowest BCUT2D eigenvalue weighted by molar-refractivity contribution is -0.157. The summed E-state index contributed by atoms with van der Waals surface area (Å²) in [4.78, 5) is 12.6. The Morgan fingerprint density at radius 1 is 1.03 bits per heavy atom. The number of halogens is 4. The van der Waals surface area contributed by atoms with Gasteiger partial charge in [0.05, 0.1) is 11.5 Å². The van der Waals surface area contributed by atoms with E-state index < -0.39 is 17.6 Å². The van der Waals surface area contributed by atoms with Crippen LogP contribution in [0.1, 0.15) is 81.3 Å². The van der Waals surface area contributed by atoms with Crippen molar-refractivity contribution in [3.8, 4) is 6.07 Å². The minimum atomic E-state index is -4.33. The Morgan fingerprint density at radius 2 is 1.66 bits per heavy atom. The van der Waals surface area contributed by atoms with Gasteiger partial charge in [-0.15, -0.1) is 0 Å². The third kappa shape index (κ3) is 6.82. The van der Waals surface area contributed by atoms with Gasteiger partial charge in [-0.05, 0) is 99.8 Å². The lowest BCUT2D eigenvalue weighted by atomic mass is 9.78. The summed E-state index contributed by atoms with van der Waals surface area (Å²) in [5.41, 5.74) is 0.256. The number of rotatable bonds is 6. The second kappa shape index (κ2) is 11.0. The standard InChI is InChI=1S/C25H29F4NO2/c26-22(16-30)3-1-2-17-4-14-23(15-5-17)32-24(31)20-8-6-18(7-9-20)19-10-12-21(13-11-19)25(27,28)29/h3,10-13,17-18,20,23H,1-2,4-9,14-15H2. The Bertz CT molecular complexity index is 825. The van der Waals surface area contributed by atoms with Crippen LogP contribution in [0.25, 0.3) is 0 Å². The van der Waals surface area contributed by atoms with Crippen LogP contribution in [0.5, 0.6) is 0 Å². The molecule has 0 amide bonds. The number of benzene rings is 1. The van der Waals surface area contributed by atoms with Crippen LogP contribution in [0.15, 0.2) is 36.2 Å². The Hall–Kier alpha value is -2.36. The quantitative estimate of drug-likeness (QED) is 0.260. The largest absolute Gasteiger partial charge is 0.462 e. The second-order valence-electron chi connectivity index (χ2n) is 8.99. The first-order valence-corrected chi connectivity index (χ1v) is 11.4. The van der Waals surface area contributed by atoms with E-state index in [0.717, 1.165) is 62.6 Å². The summed E-state index contributed by atoms with van der Waals surface area (Å²) in [7, 11) is 0. The monoisotopic (exact) mass is 451 g/mol. The predicted molar refractivity (Wildman–Crippen MR) is 112 cm³/mol. The third-order valence-corrected chi connectivity index (χ3v) is 6.85. The molecule has 2 fully saturated rings. The van der Waals surface area contributed by atoms with E-state index in [4.69, 9.17) is 10.00 Å². The SMILES string of the molecule is N#CC(F)=CCCC1CCC(OC(=O)C2CCC(c3ccc(C(F)(F)F)cc3)CC2)CC1. The van der Waals surface area contributed by atoms with Crippen LogP contribution in [0.2, 0.25) is 0 Å². The van der Waals surface area contributed by atoms with E-state index >= 15 is 0 Å². The zero-order chi connectivity index (χ0) is 23.1. The lowest BCUT2D eigenvalue weighted by Crippen LogP contribution is -2.29. The number of nitriles is 1. The van der Waals surface area contributed by atoms with Gasteiger partial charge in [0, 0.05) is 0 Å². The average Bonchev–Trinajstić information content (AvgIpc) is 2.79. The Balaban J connectivity index is 1.38. The molecule has 174 valence electrons. The van der Waals surface area contributed by atoms with Gasteiger partial charge in [-0.2, -0.15) is 22.8 Å². The van der Waals surface area contributed by atoms with Gasteiger partial charge in [0.1, 0.15) is 12.2 Å². The molecule has 0 atom stereocenters. The van der Waals surface area contributed by atoms with Crippen LogP contribution < -0.4 is 0 Å². The molecule has 0 aliphatic heterocycles. The van der Waals surface area contributed by atoms with Crippen molar-refractivity contribution in [3.05, 3.63) is 47.3 Å². The number of carbonyl (C=O) groups excluding carboxylic acids is 1. The molecule has 3 nitrogen and oxygen atoms in total. The number of hydrogen-bond donors (Lipinski definition) is 0. The van der Waals surface area contributed by atoms with Gasteiger partial charge in [-0.1, -0.05) is 12.1 Å². The van der Waals surface area contributed by atoms with Crippen molar-refractivity contribution in [2.75, 3.05) is 0 Å². The lowest BCUT2D eigenvalue weighted by Gasteiger charge is -2.31. The highest BCUT2D eigenvalue weighted by molar-refractivity contribution is 5.72. The number of carbonyl (C=O) groups is 1. The van der Waals surface area contributed by atoms with Gasteiger partial charge in [0.25, 0.3) is 0 Å². The maximum absolute atomic E-state index is 12.8. The molecule has 0 spiro atoms. The molecule has 2 aliphatic rings. The van der Waals surface area contributed by atoms with E-state index in [-0.39, 0.29) is 23.9 Å². The molecule has 32 heavy (non-hydrogen) atoms. The molecule has 0 heterocycles. The third-order valence-electron chi connectivity index (χ3n) is 6.85. The van der Waals surface area contributed by atoms with Crippen molar-refractivity contribution in [2.45, 2.75) is 82.4 Å². The summed E-state index contributed by atoms with van der Waals surface area (Å²) in [6.45, 7) is 0. The first kappa shape index (κ1) is 24.3. The smallest absolute Gasteiger partial charge is 0.416 e. The van der Waals surface area contributed by atoms with Gasteiger partial charge < -0.3 is 4.74 Å². The zero-order valence-corrected chi connectivity index (χ0v) is 18.0. The number of alkyl halides is 3. The van der Waals surface area contributed by atoms with E-state index in [9.17, 15) is 22.4 Å². The second-order valence-corrected chi connectivity index (χ2v) is 8.99. The molecule has 2 saturated carbocycles. The van der Waals surface area contributed by atoms with Crippen molar-refractivity contribution in [3.63, 3.8) is 0 Å². The minimum Gasteiger partial charge on any atom is -0.462 e. The molecule has 0 unspecified atom stereocenters. The summed E-state index contributed by atoms with van der Waals surface area (Å²) >= 11 is 0. The van der Waals surface area contributed by atoms with E-state index in [2.05, 4.69) is 0 Å². The fraction of sp³-hybridized carbons (Fsp3) is 0.600. The predicted octanol–water partition coefficient (Wildman–Crippen LogP) is 7.24. The maximum atomic E-state index is 12.8. The highest BCUT2D eigenvalue weighted by Crippen LogP contribution is 2.38. The molecule has 0 N–H and O–H groups in total. The maximum Gasteiger partial charge on any atom is 0.416 e. The molecule has 2 aliphatic carbocycles. The van der Waals surface area contributed by atoms with Crippen LogP contribution >= 0.6 is 0 Å². The van der Waals surface area contributed by atoms with Gasteiger partial charge in [-0.3, -0.25) is 4.79 Å². The van der Waals surface area contributed by atoms with Crippen LogP contribution in [0.4, 0.5) is 17.6 Å². The van der Waals surface area contributed by atoms with Crippen LogP contribution in [0.3, 0.4) is 0 Å². The summed E-state index contributed by atoms with van der Waals surface area (Å²) in [5, 5.41) is 8.43. The summed E-state index contributed by atoms with van der Waals surface area (Å²) in [5.74, 6) is -0.389. The fourth-order valence-electron chi connectivity index (χ4n) is 4.90. The van der Waals surface area contributed by atoms with Crippen molar-refractivity contribution in [1.82, 2.24) is 0 Å². The zero-order valence-electron chi connectivity index (χ0n) is 18.0. The van der Waals surface area contributed by atoms with E-state index in [1.165, 1.54) is 12.1 Å². The number of hydrogen-bond acceptors (Lipinski definition) is 3. The molecule has 1 aromatic rings. The van der Waals surface area contributed by atoms with E-state index in [1.54, 1.807) is 12.1 Å². The number of nitrogens with zero attached hydrogens (tertiary/aromatic N) is 1. The van der Waals surface area contributed by atoms with Crippen molar-refractivity contribution in [2.24, 2.45) is 11.8 Å². The Labute approximate surface area is 186 Å². The number of ether oxygens (including phenoxy) is 1. The molecule has 0 saturated heterocycles. The van der Waals surface area contributed by atoms with Gasteiger partial charge in [0.2, 0.25) is 0 Å². The Morgan fingerprint density at radius 3 is 2.22 bits per heavy atom. The fourth-order valence-corrected chi connectivity index (χ4v) is 4.90. The molecule has 7 heteroatoms. The van der Waals surface area contributed by atoms with Crippen LogP contribution in [0, 0.1) is 23.2 Å². The van der Waals surface area contributed by atoms with Crippen LogP contribution in [-0.2, 0) is 15.7 Å². The van der Waals surface area contributed by atoms with E-state index in [1.807, 2.05) is 0 Å². The highest BCUT2D eigenvalue weighted by atomic mass is 19.4. The minimum absolute atomic E-state index is 0.0715. The van der Waals surface area contributed by atoms with Crippen molar-refractivity contribution in [1.29, 1.82) is 5.26 Å². The molecule has 0 bridgehead atoms.